The van der Waals surface area contributed by atoms with E-state index in [-0.39, 0.29) is 5.97 Å². The van der Waals surface area contributed by atoms with Crippen molar-refractivity contribution in [2.75, 3.05) is 19.4 Å². The molecule has 0 aromatic carbocycles. The average Bonchev–Trinajstić information content (AvgIpc) is 2.08. The third kappa shape index (κ3) is 9.62. The van der Waals surface area contributed by atoms with Crippen LogP contribution in [0.25, 0.3) is 0 Å². The molecule has 0 N–H and O–H groups in total. The molecular weight excluding hydrogens is 203 g/mol. The molecule has 0 amide bonds. The van der Waals surface area contributed by atoms with Crippen LogP contribution >= 0.6 is 8.03 Å². The van der Waals surface area contributed by atoms with Crippen molar-refractivity contribution in [2.45, 2.75) is 27.2 Å². The van der Waals surface area contributed by atoms with E-state index in [0.29, 0.717) is 31.7 Å². The summed E-state index contributed by atoms with van der Waals surface area (Å²) in [6.45, 7) is 6.20. The molecule has 0 aliphatic carbocycles. The van der Waals surface area contributed by atoms with Crippen molar-refractivity contribution in [3.63, 3.8) is 0 Å². The Balaban J connectivity index is 3.31. The zero-order valence-electron chi connectivity index (χ0n) is 8.99. The van der Waals surface area contributed by atoms with Gasteiger partial charge >= 0.3 is 14.0 Å². The van der Waals surface area contributed by atoms with E-state index in [1.807, 2.05) is 13.8 Å². The van der Waals surface area contributed by atoms with Crippen molar-refractivity contribution >= 4 is 14.0 Å². The summed E-state index contributed by atoms with van der Waals surface area (Å²) in [4.78, 5) is 10.4. The monoisotopic (exact) mass is 221 g/mol. The number of esters is 1. The second-order valence-corrected chi connectivity index (χ2v) is 4.81. The molecule has 0 heterocycles. The Morgan fingerprint density at radius 3 is 2.57 bits per heavy atom. The molecule has 0 aliphatic rings. The average molecular weight is 221 g/mol. The Labute approximate surface area is 85.8 Å². The number of rotatable bonds is 7. The SMILES string of the molecule is CC(=O)OCCC[P+](=O)OCC(C)C. The maximum Gasteiger partial charge on any atom is 0.508 e. The van der Waals surface area contributed by atoms with Gasteiger partial charge in [-0.25, -0.2) is 0 Å². The first-order valence-electron chi connectivity index (χ1n) is 4.73. The van der Waals surface area contributed by atoms with Gasteiger partial charge in [-0.2, -0.15) is 0 Å². The Bertz CT molecular complexity index is 191. The van der Waals surface area contributed by atoms with Crippen molar-refractivity contribution in [2.24, 2.45) is 5.92 Å². The fraction of sp³-hybridized carbons (Fsp3) is 0.889. The summed E-state index contributed by atoms with van der Waals surface area (Å²) in [5.74, 6) is 0.0887. The lowest BCUT2D eigenvalue weighted by molar-refractivity contribution is -0.140. The fourth-order valence-corrected chi connectivity index (χ4v) is 1.69. The third-order valence-corrected chi connectivity index (χ3v) is 2.46. The molecule has 0 aliphatic heterocycles. The second-order valence-electron chi connectivity index (χ2n) is 3.44. The van der Waals surface area contributed by atoms with E-state index in [9.17, 15) is 9.36 Å². The van der Waals surface area contributed by atoms with Gasteiger partial charge < -0.3 is 4.74 Å². The van der Waals surface area contributed by atoms with Crippen LogP contribution in [0.1, 0.15) is 27.2 Å². The molecule has 1 atom stereocenters. The molecule has 0 aromatic rings. The highest BCUT2D eigenvalue weighted by Crippen LogP contribution is 2.23. The van der Waals surface area contributed by atoms with Crippen LogP contribution in [0.5, 0.6) is 0 Å². The Hall–Kier alpha value is -0.470. The van der Waals surface area contributed by atoms with Gasteiger partial charge in [0.2, 0.25) is 0 Å². The van der Waals surface area contributed by atoms with E-state index in [4.69, 9.17) is 9.26 Å². The van der Waals surface area contributed by atoms with Crippen LogP contribution in [0.2, 0.25) is 0 Å². The molecular formula is C9H18O4P+. The van der Waals surface area contributed by atoms with Gasteiger partial charge in [0.15, 0.2) is 6.16 Å². The van der Waals surface area contributed by atoms with Crippen molar-refractivity contribution in [3.8, 4) is 0 Å². The highest BCUT2D eigenvalue weighted by Gasteiger charge is 2.17. The van der Waals surface area contributed by atoms with Crippen LogP contribution in [0.4, 0.5) is 0 Å². The minimum Gasteiger partial charge on any atom is -0.466 e. The predicted octanol–water partition coefficient (Wildman–Crippen LogP) is 2.35. The molecule has 5 heteroatoms. The van der Waals surface area contributed by atoms with E-state index in [2.05, 4.69) is 0 Å². The largest absolute Gasteiger partial charge is 0.508 e. The molecule has 14 heavy (non-hydrogen) atoms. The van der Waals surface area contributed by atoms with E-state index >= 15 is 0 Å². The van der Waals surface area contributed by atoms with Gasteiger partial charge in [0, 0.05) is 13.3 Å². The molecule has 0 bridgehead atoms. The first-order chi connectivity index (χ1) is 6.52. The summed E-state index contributed by atoms with van der Waals surface area (Å²) in [6.07, 6.45) is 1.04. The van der Waals surface area contributed by atoms with Gasteiger partial charge in [-0.15, -0.1) is 4.52 Å². The molecule has 0 fully saturated rings. The first-order valence-corrected chi connectivity index (χ1v) is 6.09. The van der Waals surface area contributed by atoms with Crippen LogP contribution in [0.3, 0.4) is 0 Å². The van der Waals surface area contributed by atoms with Gasteiger partial charge in [-0.05, 0) is 10.5 Å². The molecule has 0 rings (SSSR count). The first kappa shape index (κ1) is 13.5. The van der Waals surface area contributed by atoms with Gasteiger partial charge in [0.05, 0.1) is 6.61 Å². The predicted molar refractivity (Wildman–Crippen MR) is 54.5 cm³/mol. The van der Waals surface area contributed by atoms with Gasteiger partial charge in [-0.3, -0.25) is 4.79 Å². The Kier molecular flexibility index (Phi) is 7.63. The quantitative estimate of drug-likeness (QED) is 0.376. The molecule has 0 radical (unpaired) electrons. The third-order valence-electron chi connectivity index (χ3n) is 1.34. The smallest absolute Gasteiger partial charge is 0.466 e. The number of ether oxygens (including phenoxy) is 1. The lowest BCUT2D eigenvalue weighted by Gasteiger charge is -1.97. The summed E-state index contributed by atoms with van der Waals surface area (Å²) in [5.41, 5.74) is 0. The van der Waals surface area contributed by atoms with Crippen molar-refractivity contribution < 1.29 is 18.6 Å². The Morgan fingerprint density at radius 2 is 2.07 bits per heavy atom. The Morgan fingerprint density at radius 1 is 1.43 bits per heavy atom. The van der Waals surface area contributed by atoms with E-state index < -0.39 is 8.03 Å². The highest BCUT2D eigenvalue weighted by atomic mass is 31.1. The van der Waals surface area contributed by atoms with E-state index in [1.54, 1.807) is 0 Å². The zero-order chi connectivity index (χ0) is 11.0. The van der Waals surface area contributed by atoms with Crippen molar-refractivity contribution in [1.82, 2.24) is 0 Å². The highest BCUT2D eigenvalue weighted by molar-refractivity contribution is 7.39. The van der Waals surface area contributed by atoms with Gasteiger partial charge in [-0.1, -0.05) is 13.8 Å². The molecule has 0 saturated heterocycles. The van der Waals surface area contributed by atoms with Crippen LogP contribution in [0, 0.1) is 5.92 Å². The summed E-state index contributed by atoms with van der Waals surface area (Å²) in [5, 5.41) is 0. The molecule has 4 nitrogen and oxygen atoms in total. The number of hydrogen-bond donors (Lipinski definition) is 0. The molecule has 0 spiro atoms. The number of hydrogen-bond acceptors (Lipinski definition) is 4. The summed E-state index contributed by atoms with van der Waals surface area (Å²) >= 11 is 0. The van der Waals surface area contributed by atoms with Crippen LogP contribution in [-0.2, 0) is 18.6 Å². The van der Waals surface area contributed by atoms with Crippen LogP contribution in [-0.4, -0.2) is 25.3 Å². The van der Waals surface area contributed by atoms with Crippen LogP contribution < -0.4 is 0 Å². The van der Waals surface area contributed by atoms with Crippen molar-refractivity contribution in [3.05, 3.63) is 0 Å². The molecule has 0 aromatic heterocycles. The zero-order valence-corrected chi connectivity index (χ0v) is 9.88. The minimum absolute atomic E-state index is 0.302. The summed E-state index contributed by atoms with van der Waals surface area (Å²) in [7, 11) is -1.59. The second kappa shape index (κ2) is 7.89. The van der Waals surface area contributed by atoms with Crippen molar-refractivity contribution in [1.29, 1.82) is 0 Å². The lowest BCUT2D eigenvalue weighted by Crippen LogP contribution is -2.02. The number of carbonyl (C=O) groups excluding carboxylic acids is 1. The van der Waals surface area contributed by atoms with Gasteiger partial charge in [0.1, 0.15) is 6.61 Å². The summed E-state index contributed by atoms with van der Waals surface area (Å²) < 4.78 is 21.0. The fourth-order valence-electron chi connectivity index (χ4n) is 0.706. The standard InChI is InChI=1S/C9H18O4P/c1-8(2)7-13-14(11)6-4-5-12-9(3)10/h8H,4-7H2,1-3H3/q+1. The maximum atomic E-state index is 11.2. The van der Waals surface area contributed by atoms with Crippen LogP contribution in [0.15, 0.2) is 0 Å². The lowest BCUT2D eigenvalue weighted by atomic mass is 10.2. The topological polar surface area (TPSA) is 52.6 Å². The van der Waals surface area contributed by atoms with Gasteiger partial charge in [0.25, 0.3) is 0 Å². The molecule has 82 valence electrons. The maximum absolute atomic E-state index is 11.2. The minimum atomic E-state index is -1.59. The normalized spacial score (nSPS) is 11.6. The molecule has 1 unspecified atom stereocenters. The van der Waals surface area contributed by atoms with E-state index in [0.717, 1.165) is 0 Å². The summed E-state index contributed by atoms with van der Waals surface area (Å²) in [6, 6.07) is 0. The molecule has 0 saturated carbocycles. The van der Waals surface area contributed by atoms with E-state index in [1.165, 1.54) is 6.92 Å². The number of carbonyl (C=O) groups is 1.